The zero-order valence-corrected chi connectivity index (χ0v) is 12.2. The molecule has 0 bridgehead atoms. The standard InChI is InChI=1S/C17H21NO3/c1-20-13-5-4-11-12(18)3-2-7-17-8-6-10(19)9-14(17)21-16(13)15(11)17/h4-6,8,10,12,14,19H,2-3,7,9,18H2,1H3/t10-,12-,14?,17+/m0/s1. The highest BCUT2D eigenvalue weighted by atomic mass is 16.5. The number of hydrogen-bond acceptors (Lipinski definition) is 4. The van der Waals surface area contributed by atoms with Crippen molar-refractivity contribution in [2.45, 2.75) is 49.3 Å². The number of nitrogens with two attached hydrogens (primary N) is 1. The average Bonchev–Trinajstić information content (AvgIpc) is 2.73. The minimum Gasteiger partial charge on any atom is -0.493 e. The Morgan fingerprint density at radius 2 is 2.29 bits per heavy atom. The third-order valence-corrected chi connectivity index (χ3v) is 5.25. The van der Waals surface area contributed by atoms with Crippen molar-refractivity contribution in [3.8, 4) is 11.5 Å². The molecule has 3 N–H and O–H groups in total. The van der Waals surface area contributed by atoms with Crippen molar-refractivity contribution in [2.24, 2.45) is 5.73 Å². The zero-order valence-electron chi connectivity index (χ0n) is 12.2. The van der Waals surface area contributed by atoms with Gasteiger partial charge in [0.2, 0.25) is 0 Å². The molecule has 1 unspecified atom stereocenters. The summed E-state index contributed by atoms with van der Waals surface area (Å²) in [6.45, 7) is 0. The van der Waals surface area contributed by atoms with Crippen LogP contribution in [-0.4, -0.2) is 24.4 Å². The van der Waals surface area contributed by atoms with Crippen LogP contribution in [0.15, 0.2) is 24.3 Å². The number of aliphatic hydroxyl groups excluding tert-OH is 1. The van der Waals surface area contributed by atoms with Crippen molar-refractivity contribution in [2.75, 3.05) is 7.11 Å². The lowest BCUT2D eigenvalue weighted by atomic mass is 9.69. The van der Waals surface area contributed by atoms with Gasteiger partial charge in [-0.3, -0.25) is 0 Å². The number of methoxy groups -OCH3 is 1. The Morgan fingerprint density at radius 1 is 1.43 bits per heavy atom. The van der Waals surface area contributed by atoms with Gasteiger partial charge in [-0.2, -0.15) is 0 Å². The van der Waals surface area contributed by atoms with E-state index in [2.05, 4.69) is 12.1 Å². The lowest BCUT2D eigenvalue weighted by Crippen LogP contribution is -2.41. The Labute approximate surface area is 124 Å². The number of benzene rings is 1. The molecular weight excluding hydrogens is 266 g/mol. The minimum absolute atomic E-state index is 0.0205. The molecule has 0 saturated heterocycles. The Hall–Kier alpha value is -1.52. The van der Waals surface area contributed by atoms with Gasteiger partial charge in [0, 0.05) is 18.0 Å². The summed E-state index contributed by atoms with van der Waals surface area (Å²) in [4.78, 5) is 0. The quantitative estimate of drug-likeness (QED) is 0.777. The fourth-order valence-corrected chi connectivity index (χ4v) is 4.22. The number of aliphatic hydroxyl groups is 1. The first-order valence-corrected chi connectivity index (χ1v) is 7.67. The first-order chi connectivity index (χ1) is 10.2. The van der Waals surface area contributed by atoms with Gasteiger partial charge in [0.1, 0.15) is 6.10 Å². The summed E-state index contributed by atoms with van der Waals surface area (Å²) in [6.07, 6.45) is 7.31. The van der Waals surface area contributed by atoms with Crippen LogP contribution in [0.5, 0.6) is 11.5 Å². The maximum absolute atomic E-state index is 9.96. The van der Waals surface area contributed by atoms with E-state index in [0.29, 0.717) is 6.42 Å². The normalized spacial score (nSPS) is 36.4. The van der Waals surface area contributed by atoms with Gasteiger partial charge in [-0.1, -0.05) is 24.6 Å². The van der Waals surface area contributed by atoms with Crippen molar-refractivity contribution in [3.05, 3.63) is 35.4 Å². The predicted molar refractivity (Wildman–Crippen MR) is 79.6 cm³/mol. The average molecular weight is 287 g/mol. The smallest absolute Gasteiger partial charge is 0.166 e. The van der Waals surface area contributed by atoms with Crippen LogP contribution in [0.4, 0.5) is 0 Å². The van der Waals surface area contributed by atoms with E-state index in [1.807, 2.05) is 12.1 Å². The van der Waals surface area contributed by atoms with Crippen molar-refractivity contribution in [1.82, 2.24) is 0 Å². The molecule has 4 nitrogen and oxygen atoms in total. The van der Waals surface area contributed by atoms with Gasteiger partial charge in [0.05, 0.1) is 18.6 Å². The monoisotopic (exact) mass is 287 g/mol. The fraction of sp³-hybridized carbons (Fsp3) is 0.529. The Morgan fingerprint density at radius 3 is 3.10 bits per heavy atom. The summed E-state index contributed by atoms with van der Waals surface area (Å²) in [6, 6.07) is 4.08. The summed E-state index contributed by atoms with van der Waals surface area (Å²) in [5, 5.41) is 9.96. The Balaban J connectivity index is 1.98. The van der Waals surface area contributed by atoms with Crippen LogP contribution in [0.2, 0.25) is 0 Å². The first kappa shape index (κ1) is 13.2. The summed E-state index contributed by atoms with van der Waals surface area (Å²) in [5.41, 5.74) is 8.59. The summed E-state index contributed by atoms with van der Waals surface area (Å²) in [7, 11) is 1.66. The van der Waals surface area contributed by atoms with Crippen LogP contribution in [0.25, 0.3) is 0 Å². The van der Waals surface area contributed by atoms with Crippen molar-refractivity contribution >= 4 is 0 Å². The third-order valence-electron chi connectivity index (χ3n) is 5.25. The van der Waals surface area contributed by atoms with E-state index in [1.165, 1.54) is 11.1 Å². The highest BCUT2D eigenvalue weighted by Crippen LogP contribution is 2.57. The SMILES string of the molecule is COc1ccc2c3c1OC1C[C@@H](O)C=C[C@@]31CCC[C@@H]2N. The number of rotatable bonds is 1. The molecule has 1 spiro atoms. The zero-order chi connectivity index (χ0) is 14.6. The maximum atomic E-state index is 9.96. The molecule has 3 aliphatic rings. The van der Waals surface area contributed by atoms with Gasteiger partial charge in [-0.05, 0) is 24.5 Å². The molecule has 0 radical (unpaired) electrons. The molecule has 4 rings (SSSR count). The van der Waals surface area contributed by atoms with Gasteiger partial charge >= 0.3 is 0 Å². The van der Waals surface area contributed by atoms with Crippen LogP contribution in [0.1, 0.15) is 42.9 Å². The molecule has 4 atom stereocenters. The van der Waals surface area contributed by atoms with E-state index in [4.69, 9.17) is 15.2 Å². The molecule has 4 heteroatoms. The van der Waals surface area contributed by atoms with Gasteiger partial charge in [0.15, 0.2) is 11.5 Å². The molecule has 0 aromatic heterocycles. The number of ether oxygens (including phenoxy) is 2. The molecule has 112 valence electrons. The van der Waals surface area contributed by atoms with E-state index in [1.54, 1.807) is 7.11 Å². The molecule has 1 heterocycles. The highest BCUT2D eigenvalue weighted by molar-refractivity contribution is 5.61. The van der Waals surface area contributed by atoms with E-state index in [0.717, 1.165) is 30.8 Å². The summed E-state index contributed by atoms with van der Waals surface area (Å²) in [5.74, 6) is 1.59. The molecule has 1 aromatic rings. The van der Waals surface area contributed by atoms with Crippen LogP contribution in [-0.2, 0) is 5.41 Å². The van der Waals surface area contributed by atoms with Crippen LogP contribution >= 0.6 is 0 Å². The van der Waals surface area contributed by atoms with Crippen molar-refractivity contribution in [3.63, 3.8) is 0 Å². The van der Waals surface area contributed by atoms with Gasteiger partial charge in [-0.15, -0.1) is 0 Å². The predicted octanol–water partition coefficient (Wildman–Crippen LogP) is 2.20. The summed E-state index contributed by atoms with van der Waals surface area (Å²) >= 11 is 0. The molecule has 2 aliphatic carbocycles. The largest absolute Gasteiger partial charge is 0.493 e. The first-order valence-electron chi connectivity index (χ1n) is 7.67. The third kappa shape index (κ3) is 1.69. The van der Waals surface area contributed by atoms with Crippen LogP contribution in [0.3, 0.4) is 0 Å². The van der Waals surface area contributed by atoms with Crippen molar-refractivity contribution in [1.29, 1.82) is 0 Å². The second-order valence-electron chi connectivity index (χ2n) is 6.37. The van der Waals surface area contributed by atoms with Crippen molar-refractivity contribution < 1.29 is 14.6 Å². The van der Waals surface area contributed by atoms with Gasteiger partial charge in [-0.25, -0.2) is 0 Å². The molecule has 0 fully saturated rings. The van der Waals surface area contributed by atoms with Gasteiger partial charge < -0.3 is 20.3 Å². The molecule has 1 aromatic carbocycles. The fourth-order valence-electron chi connectivity index (χ4n) is 4.22. The van der Waals surface area contributed by atoms with E-state index < -0.39 is 6.10 Å². The maximum Gasteiger partial charge on any atom is 0.166 e. The molecular formula is C17H21NO3. The highest BCUT2D eigenvalue weighted by Gasteiger charge is 2.52. The van der Waals surface area contributed by atoms with E-state index in [9.17, 15) is 5.11 Å². The lowest BCUT2D eigenvalue weighted by molar-refractivity contribution is 0.0841. The van der Waals surface area contributed by atoms with Crippen LogP contribution in [0, 0.1) is 0 Å². The second-order valence-corrected chi connectivity index (χ2v) is 6.37. The minimum atomic E-state index is -0.429. The molecule has 0 amide bonds. The van der Waals surface area contributed by atoms with Crippen LogP contribution < -0.4 is 15.2 Å². The topological polar surface area (TPSA) is 64.7 Å². The molecule has 21 heavy (non-hydrogen) atoms. The molecule has 1 aliphatic heterocycles. The van der Waals surface area contributed by atoms with E-state index in [-0.39, 0.29) is 17.6 Å². The lowest BCUT2D eigenvalue weighted by Gasteiger charge is -2.35. The summed E-state index contributed by atoms with van der Waals surface area (Å²) < 4.78 is 11.7. The Kier molecular flexibility index (Phi) is 2.81. The van der Waals surface area contributed by atoms with E-state index >= 15 is 0 Å². The molecule has 0 saturated carbocycles. The Bertz CT molecular complexity index is 612. The second kappa shape index (κ2) is 4.49. The number of hydrogen-bond donors (Lipinski definition) is 2. The van der Waals surface area contributed by atoms with Gasteiger partial charge in [0.25, 0.3) is 0 Å².